The van der Waals surface area contributed by atoms with Crippen molar-refractivity contribution in [3.05, 3.63) is 150 Å². The van der Waals surface area contributed by atoms with E-state index in [2.05, 4.69) is 16.0 Å². The minimum atomic E-state index is -1.03. The van der Waals surface area contributed by atoms with Crippen molar-refractivity contribution >= 4 is 23.9 Å². The Morgan fingerprint density at radius 1 is 0.778 bits per heavy atom. The van der Waals surface area contributed by atoms with Crippen LogP contribution in [0, 0.1) is 5.92 Å². The van der Waals surface area contributed by atoms with Crippen molar-refractivity contribution in [1.29, 1.82) is 0 Å². The van der Waals surface area contributed by atoms with E-state index in [1.165, 1.54) is 0 Å². The van der Waals surface area contributed by atoms with Gasteiger partial charge in [0.2, 0.25) is 11.8 Å². The first-order valence-corrected chi connectivity index (χ1v) is 18.1. The van der Waals surface area contributed by atoms with Crippen molar-refractivity contribution in [1.82, 2.24) is 16.0 Å². The number of hydrogen-bond acceptors (Lipinski definition) is 8. The van der Waals surface area contributed by atoms with Gasteiger partial charge in [-0.3, -0.25) is 9.59 Å². The van der Waals surface area contributed by atoms with Gasteiger partial charge in [0, 0.05) is 6.42 Å². The van der Waals surface area contributed by atoms with E-state index in [0.717, 1.165) is 22.3 Å². The van der Waals surface area contributed by atoms with E-state index in [1.54, 1.807) is 12.2 Å². The number of allylic oxidation sites excluding steroid dienone is 1. The summed E-state index contributed by atoms with van der Waals surface area (Å²) in [5.41, 5.74) is 3.68. The first kappa shape index (κ1) is 39.3. The lowest BCUT2D eigenvalue weighted by Gasteiger charge is -2.25. The number of carbonyl (C=O) groups is 4. The van der Waals surface area contributed by atoms with Crippen LogP contribution in [0.25, 0.3) is 0 Å². The van der Waals surface area contributed by atoms with E-state index in [1.807, 2.05) is 115 Å². The number of nitrogens with one attached hydrogen (secondary N) is 3. The van der Waals surface area contributed by atoms with Crippen molar-refractivity contribution in [2.24, 2.45) is 5.92 Å². The second-order valence-corrected chi connectivity index (χ2v) is 13.2. The minimum absolute atomic E-state index is 0.0345. The van der Waals surface area contributed by atoms with Gasteiger partial charge in [0.25, 0.3) is 0 Å². The molecule has 11 heteroatoms. The molecule has 0 radical (unpaired) electrons. The third-order valence-electron chi connectivity index (χ3n) is 8.89. The summed E-state index contributed by atoms with van der Waals surface area (Å²) < 4.78 is 16.8. The van der Waals surface area contributed by atoms with Gasteiger partial charge < -0.3 is 35.3 Å². The lowest BCUT2D eigenvalue weighted by atomic mass is 9.97. The molecule has 1 aliphatic heterocycles. The van der Waals surface area contributed by atoms with Crippen LogP contribution in [0.4, 0.5) is 4.79 Å². The maximum Gasteiger partial charge on any atom is 0.408 e. The molecule has 0 aliphatic carbocycles. The Balaban J connectivity index is 1.20. The number of amides is 3. The van der Waals surface area contributed by atoms with E-state index in [4.69, 9.17) is 14.2 Å². The average molecular weight is 734 g/mol. The quantitative estimate of drug-likeness (QED) is 0.102. The SMILES string of the molecule is O=C(C[C@H]1CC=CC[C@@H](NC(=O)OCc2ccccc2)C(=O)OC[C@H](Cc2ccccc2)NC1=O)N[C@H](CO)Cc1ccc(OCc2ccccc2)cc1. The molecule has 11 nitrogen and oxygen atoms in total. The summed E-state index contributed by atoms with van der Waals surface area (Å²) in [6.07, 6.45) is 3.53. The summed E-state index contributed by atoms with van der Waals surface area (Å²) in [6, 6.07) is 33.8. The average Bonchev–Trinajstić information content (AvgIpc) is 3.19. The lowest BCUT2D eigenvalue weighted by molar-refractivity contribution is -0.147. The molecule has 0 aromatic heterocycles. The molecule has 1 aliphatic rings. The Bertz CT molecular complexity index is 1800. The van der Waals surface area contributed by atoms with Crippen LogP contribution >= 0.6 is 0 Å². The Morgan fingerprint density at radius 3 is 2.04 bits per heavy atom. The molecule has 4 N–H and O–H groups in total. The number of benzene rings is 4. The number of esters is 1. The minimum Gasteiger partial charge on any atom is -0.489 e. The fourth-order valence-corrected chi connectivity index (χ4v) is 5.97. The van der Waals surface area contributed by atoms with Gasteiger partial charge in [-0.2, -0.15) is 0 Å². The maximum absolute atomic E-state index is 13.7. The molecule has 4 aromatic carbocycles. The Morgan fingerprint density at radius 2 is 1.39 bits per heavy atom. The molecular weight excluding hydrogens is 686 g/mol. The standard InChI is InChI=1S/C43H47N3O8/c47-27-36(24-32-20-22-38(23-21-32)52-28-33-14-6-2-7-15-33)44-40(48)26-35-18-10-11-19-39(46-43(51)54-29-34-16-8-3-9-17-34)42(50)53-30-37(45-41(35)49)25-31-12-4-1-5-13-31/h1-17,20-23,35-37,39,47H,18-19,24-30H2,(H,44,48)(H,45,49)(H,46,51)/t35-,36+,37+,39-/m1/s1. The molecule has 5 rings (SSSR count). The summed E-state index contributed by atoms with van der Waals surface area (Å²) >= 11 is 0. The van der Waals surface area contributed by atoms with Crippen LogP contribution in [0.2, 0.25) is 0 Å². The van der Waals surface area contributed by atoms with Crippen LogP contribution in [-0.4, -0.2) is 60.3 Å². The summed E-state index contributed by atoms with van der Waals surface area (Å²) in [5.74, 6) is -1.46. The van der Waals surface area contributed by atoms with Gasteiger partial charge in [-0.15, -0.1) is 0 Å². The zero-order valence-electron chi connectivity index (χ0n) is 30.1. The van der Waals surface area contributed by atoms with E-state index in [0.29, 0.717) is 25.2 Å². The van der Waals surface area contributed by atoms with Crippen LogP contribution in [-0.2, 0) is 49.9 Å². The van der Waals surface area contributed by atoms with Crippen molar-refractivity contribution in [3.8, 4) is 5.75 Å². The van der Waals surface area contributed by atoms with Crippen LogP contribution in [0.1, 0.15) is 41.5 Å². The zero-order chi connectivity index (χ0) is 38.0. The molecule has 54 heavy (non-hydrogen) atoms. The Kier molecular flexibility index (Phi) is 15.2. The van der Waals surface area contributed by atoms with Gasteiger partial charge in [-0.05, 0) is 60.1 Å². The number of ether oxygens (including phenoxy) is 3. The molecule has 4 atom stereocenters. The monoisotopic (exact) mass is 733 g/mol. The van der Waals surface area contributed by atoms with E-state index in [-0.39, 0.29) is 50.9 Å². The number of rotatable bonds is 14. The van der Waals surface area contributed by atoms with Gasteiger partial charge in [0.15, 0.2) is 0 Å². The molecule has 0 saturated carbocycles. The van der Waals surface area contributed by atoms with Gasteiger partial charge >= 0.3 is 12.1 Å². The number of aliphatic hydroxyl groups excluding tert-OH is 1. The zero-order valence-corrected chi connectivity index (χ0v) is 30.1. The summed E-state index contributed by atoms with van der Waals surface area (Å²) in [4.78, 5) is 52.8. The van der Waals surface area contributed by atoms with Crippen LogP contribution in [0.5, 0.6) is 5.75 Å². The smallest absolute Gasteiger partial charge is 0.408 e. The fraction of sp³-hybridized carbons (Fsp3) is 0.302. The number of cyclic esters (lactones) is 1. The Hall–Kier alpha value is -5.94. The van der Waals surface area contributed by atoms with Crippen LogP contribution in [0.15, 0.2) is 127 Å². The third-order valence-corrected chi connectivity index (χ3v) is 8.89. The molecule has 4 aromatic rings. The number of alkyl carbamates (subject to hydrolysis) is 1. The van der Waals surface area contributed by atoms with Gasteiger partial charge in [0.05, 0.1) is 24.6 Å². The van der Waals surface area contributed by atoms with E-state index >= 15 is 0 Å². The summed E-state index contributed by atoms with van der Waals surface area (Å²) in [6.45, 7) is 0.0368. The first-order chi connectivity index (χ1) is 26.3. The third kappa shape index (κ3) is 13.2. The predicted octanol–water partition coefficient (Wildman–Crippen LogP) is 5.21. The van der Waals surface area contributed by atoms with E-state index in [9.17, 15) is 24.3 Å². The van der Waals surface area contributed by atoms with Crippen molar-refractivity contribution in [2.45, 2.75) is 63.4 Å². The van der Waals surface area contributed by atoms with Gasteiger partial charge in [-0.1, -0.05) is 115 Å². The maximum atomic E-state index is 13.7. The number of hydrogen-bond donors (Lipinski definition) is 4. The number of aliphatic hydroxyl groups is 1. The lowest BCUT2D eigenvalue weighted by Crippen LogP contribution is -2.47. The topological polar surface area (TPSA) is 152 Å². The van der Waals surface area contributed by atoms with Crippen LogP contribution < -0.4 is 20.7 Å². The molecule has 0 unspecified atom stereocenters. The largest absolute Gasteiger partial charge is 0.489 e. The van der Waals surface area contributed by atoms with E-state index < -0.39 is 36.1 Å². The Labute approximate surface area is 315 Å². The highest BCUT2D eigenvalue weighted by molar-refractivity contribution is 5.86. The van der Waals surface area contributed by atoms with Gasteiger partial charge in [-0.25, -0.2) is 9.59 Å². The molecule has 0 fully saturated rings. The molecule has 1 heterocycles. The van der Waals surface area contributed by atoms with Crippen molar-refractivity contribution in [2.75, 3.05) is 13.2 Å². The molecule has 0 saturated heterocycles. The molecule has 282 valence electrons. The summed E-state index contributed by atoms with van der Waals surface area (Å²) in [7, 11) is 0. The normalized spacial score (nSPS) is 18.1. The second kappa shape index (κ2) is 20.9. The molecular formula is C43H47N3O8. The predicted molar refractivity (Wildman–Crippen MR) is 203 cm³/mol. The molecule has 3 amide bonds. The highest BCUT2D eigenvalue weighted by atomic mass is 16.6. The first-order valence-electron chi connectivity index (χ1n) is 18.1. The second-order valence-electron chi connectivity index (χ2n) is 13.2. The highest BCUT2D eigenvalue weighted by Crippen LogP contribution is 2.17. The number of carbonyl (C=O) groups excluding carboxylic acids is 4. The fourth-order valence-electron chi connectivity index (χ4n) is 5.97. The van der Waals surface area contributed by atoms with Gasteiger partial charge in [0.1, 0.15) is 31.6 Å². The van der Waals surface area contributed by atoms with Crippen molar-refractivity contribution < 1.29 is 38.5 Å². The van der Waals surface area contributed by atoms with Crippen LogP contribution in [0.3, 0.4) is 0 Å². The molecule has 0 spiro atoms. The summed E-state index contributed by atoms with van der Waals surface area (Å²) in [5, 5.41) is 18.6. The van der Waals surface area contributed by atoms with Crippen molar-refractivity contribution in [3.63, 3.8) is 0 Å². The molecule has 0 bridgehead atoms. The highest BCUT2D eigenvalue weighted by Gasteiger charge is 2.28.